The lowest BCUT2D eigenvalue weighted by Crippen LogP contribution is -2.06. The van der Waals surface area contributed by atoms with Crippen LogP contribution in [0.5, 0.6) is 0 Å². The van der Waals surface area contributed by atoms with E-state index in [0.29, 0.717) is 0 Å². The van der Waals surface area contributed by atoms with Crippen molar-refractivity contribution >= 4 is 17.3 Å². The summed E-state index contributed by atoms with van der Waals surface area (Å²) in [6.45, 7) is 1.30. The molecule has 0 unspecified atom stereocenters. The van der Waals surface area contributed by atoms with Gasteiger partial charge in [0.2, 0.25) is 5.91 Å². The maximum absolute atomic E-state index is 10.7. The van der Waals surface area contributed by atoms with Crippen LogP contribution >= 0.6 is 0 Å². The molecule has 1 aromatic heterocycles. The second kappa shape index (κ2) is 3.26. The Hall–Kier alpha value is -1.85. The molecule has 0 fully saturated rings. The largest absolute Gasteiger partial charge is 0.349 e. The number of anilines is 1. The first kappa shape index (κ1) is 9.24. The van der Waals surface area contributed by atoms with Gasteiger partial charge in [0.15, 0.2) is 0 Å². The lowest BCUT2D eigenvalue weighted by Gasteiger charge is -1.95. The van der Waals surface area contributed by atoms with Gasteiger partial charge in [0, 0.05) is 20.2 Å². The summed E-state index contributed by atoms with van der Waals surface area (Å²) in [6.07, 6.45) is 2.82. The van der Waals surface area contributed by atoms with Gasteiger partial charge < -0.3 is 9.88 Å². The van der Waals surface area contributed by atoms with E-state index in [4.69, 9.17) is 0 Å². The fourth-order valence-corrected chi connectivity index (χ4v) is 1.00. The maximum atomic E-state index is 10.7. The maximum Gasteiger partial charge on any atom is 0.310 e. The number of aromatic nitrogens is 1. The Kier molecular flexibility index (Phi) is 2.32. The number of nitrogens with one attached hydrogen (secondary N) is 1. The highest BCUT2D eigenvalue weighted by molar-refractivity contribution is 5.91. The Labute approximate surface area is 74.3 Å². The summed E-state index contributed by atoms with van der Waals surface area (Å²) in [5.41, 5.74) is 0.123. The van der Waals surface area contributed by atoms with E-state index in [1.165, 1.54) is 23.9 Å². The predicted molar refractivity (Wildman–Crippen MR) is 46.4 cm³/mol. The van der Waals surface area contributed by atoms with Gasteiger partial charge in [-0.3, -0.25) is 14.9 Å². The van der Waals surface area contributed by atoms with Gasteiger partial charge in [-0.05, 0) is 0 Å². The third-order valence-electron chi connectivity index (χ3n) is 1.44. The van der Waals surface area contributed by atoms with Crippen LogP contribution in [0.15, 0.2) is 12.4 Å². The number of rotatable bonds is 2. The average Bonchev–Trinajstić information content (AvgIpc) is 2.29. The van der Waals surface area contributed by atoms with E-state index in [1.54, 1.807) is 7.05 Å². The van der Waals surface area contributed by atoms with Gasteiger partial charge in [-0.1, -0.05) is 0 Å². The topological polar surface area (TPSA) is 77.2 Å². The first-order chi connectivity index (χ1) is 6.00. The first-order valence-electron chi connectivity index (χ1n) is 3.58. The SMILES string of the molecule is CC(=O)Nc1cn(C)cc1[N+](=O)[O-]. The summed E-state index contributed by atoms with van der Waals surface area (Å²) in [4.78, 5) is 20.6. The Morgan fingerprint density at radius 3 is 2.69 bits per heavy atom. The molecular formula is C7H9N3O3. The smallest absolute Gasteiger partial charge is 0.310 e. The molecule has 1 rings (SSSR count). The van der Waals surface area contributed by atoms with E-state index < -0.39 is 4.92 Å². The van der Waals surface area contributed by atoms with Crippen molar-refractivity contribution in [3.63, 3.8) is 0 Å². The second-order valence-corrected chi connectivity index (χ2v) is 2.66. The van der Waals surface area contributed by atoms with Crippen LogP contribution in [-0.4, -0.2) is 15.4 Å². The van der Waals surface area contributed by atoms with Gasteiger partial charge in [0.1, 0.15) is 5.69 Å². The van der Waals surface area contributed by atoms with Crippen LogP contribution in [0.4, 0.5) is 11.4 Å². The second-order valence-electron chi connectivity index (χ2n) is 2.66. The van der Waals surface area contributed by atoms with Crippen molar-refractivity contribution in [2.45, 2.75) is 6.92 Å². The molecule has 1 N–H and O–H groups in total. The Morgan fingerprint density at radius 2 is 2.23 bits per heavy atom. The lowest BCUT2D eigenvalue weighted by molar-refractivity contribution is -0.383. The quantitative estimate of drug-likeness (QED) is 0.546. The molecule has 1 heterocycles. The molecular weight excluding hydrogens is 174 g/mol. The van der Waals surface area contributed by atoms with E-state index in [0.717, 1.165) is 0 Å². The van der Waals surface area contributed by atoms with E-state index in [1.807, 2.05) is 0 Å². The van der Waals surface area contributed by atoms with Gasteiger partial charge in [-0.2, -0.15) is 0 Å². The number of nitro groups is 1. The van der Waals surface area contributed by atoms with Crippen molar-refractivity contribution < 1.29 is 9.72 Å². The van der Waals surface area contributed by atoms with Crippen molar-refractivity contribution in [2.24, 2.45) is 7.05 Å². The van der Waals surface area contributed by atoms with Gasteiger partial charge in [-0.15, -0.1) is 0 Å². The monoisotopic (exact) mass is 183 g/mol. The number of aryl methyl sites for hydroxylation is 1. The molecule has 6 nitrogen and oxygen atoms in total. The molecule has 6 heteroatoms. The fourth-order valence-electron chi connectivity index (χ4n) is 1.00. The predicted octanol–water partition coefficient (Wildman–Crippen LogP) is 0.892. The molecule has 0 radical (unpaired) electrons. The van der Waals surface area contributed by atoms with Crippen molar-refractivity contribution in [3.05, 3.63) is 22.5 Å². The van der Waals surface area contributed by atoms with E-state index in [2.05, 4.69) is 5.32 Å². The van der Waals surface area contributed by atoms with Gasteiger partial charge in [-0.25, -0.2) is 0 Å². The van der Waals surface area contributed by atoms with Gasteiger partial charge >= 0.3 is 5.69 Å². The van der Waals surface area contributed by atoms with Crippen molar-refractivity contribution in [1.29, 1.82) is 0 Å². The number of nitrogens with zero attached hydrogens (tertiary/aromatic N) is 2. The number of carbonyl (C=O) groups is 1. The van der Waals surface area contributed by atoms with Crippen LogP contribution < -0.4 is 5.32 Å². The van der Waals surface area contributed by atoms with Gasteiger partial charge in [0.05, 0.1) is 11.1 Å². The van der Waals surface area contributed by atoms with E-state index >= 15 is 0 Å². The molecule has 1 amide bonds. The number of hydrogen-bond donors (Lipinski definition) is 1. The van der Waals surface area contributed by atoms with Crippen LogP contribution in [0.1, 0.15) is 6.92 Å². The molecule has 1 aromatic rings. The molecule has 13 heavy (non-hydrogen) atoms. The minimum Gasteiger partial charge on any atom is -0.349 e. The zero-order chi connectivity index (χ0) is 10.0. The molecule has 70 valence electrons. The zero-order valence-corrected chi connectivity index (χ0v) is 7.27. The standard InChI is InChI=1S/C7H9N3O3/c1-5(11)8-6-3-9(2)4-7(6)10(12)13/h3-4H,1-2H3,(H,8,11). The molecule has 0 aliphatic rings. The van der Waals surface area contributed by atoms with Crippen LogP contribution in [0.25, 0.3) is 0 Å². The molecule has 0 aromatic carbocycles. The number of carbonyl (C=O) groups excluding carboxylic acids is 1. The molecule has 0 atom stereocenters. The third kappa shape index (κ3) is 2.05. The molecule has 0 saturated carbocycles. The number of hydrogen-bond acceptors (Lipinski definition) is 3. The number of amides is 1. The van der Waals surface area contributed by atoms with E-state index in [9.17, 15) is 14.9 Å². The Balaban J connectivity index is 3.04. The van der Waals surface area contributed by atoms with Crippen LogP contribution in [-0.2, 0) is 11.8 Å². The first-order valence-corrected chi connectivity index (χ1v) is 3.58. The van der Waals surface area contributed by atoms with Crippen molar-refractivity contribution in [1.82, 2.24) is 4.57 Å². The van der Waals surface area contributed by atoms with Crippen molar-refractivity contribution in [2.75, 3.05) is 5.32 Å². The molecule has 0 saturated heterocycles. The summed E-state index contributed by atoms with van der Waals surface area (Å²) in [7, 11) is 1.65. The molecule has 0 aliphatic carbocycles. The van der Waals surface area contributed by atoms with Crippen LogP contribution in [0.2, 0.25) is 0 Å². The average molecular weight is 183 g/mol. The molecule has 0 aliphatic heterocycles. The summed E-state index contributed by atoms with van der Waals surface area (Å²) in [5.74, 6) is -0.325. The normalized spacial score (nSPS) is 9.69. The molecule has 0 spiro atoms. The fraction of sp³-hybridized carbons (Fsp3) is 0.286. The summed E-state index contributed by atoms with van der Waals surface area (Å²) in [6, 6.07) is 0. The zero-order valence-electron chi connectivity index (χ0n) is 7.27. The van der Waals surface area contributed by atoms with Crippen LogP contribution in [0.3, 0.4) is 0 Å². The summed E-state index contributed by atoms with van der Waals surface area (Å²) >= 11 is 0. The third-order valence-corrected chi connectivity index (χ3v) is 1.44. The van der Waals surface area contributed by atoms with Gasteiger partial charge in [0.25, 0.3) is 0 Å². The summed E-state index contributed by atoms with van der Waals surface area (Å²) < 4.78 is 1.52. The highest BCUT2D eigenvalue weighted by Gasteiger charge is 2.16. The van der Waals surface area contributed by atoms with Crippen LogP contribution in [0, 0.1) is 10.1 Å². The molecule has 0 bridgehead atoms. The van der Waals surface area contributed by atoms with Crippen molar-refractivity contribution in [3.8, 4) is 0 Å². The highest BCUT2D eigenvalue weighted by Crippen LogP contribution is 2.24. The van der Waals surface area contributed by atoms with E-state index in [-0.39, 0.29) is 17.3 Å². The minimum atomic E-state index is -0.536. The Morgan fingerprint density at radius 1 is 1.62 bits per heavy atom. The highest BCUT2D eigenvalue weighted by atomic mass is 16.6. The minimum absolute atomic E-state index is 0.0994. The summed E-state index contributed by atoms with van der Waals surface area (Å²) in [5, 5.41) is 12.8. The lowest BCUT2D eigenvalue weighted by atomic mass is 10.4. The Bertz CT molecular complexity index is 356.